The lowest BCUT2D eigenvalue weighted by atomic mass is 10.7. The molecule has 1 rings (SSSR count). The van der Waals surface area contributed by atoms with Gasteiger partial charge in [0.25, 0.3) is 0 Å². The first kappa shape index (κ1) is 10.5. The molecule has 1 heterocycles. The number of alkyl halides is 3. The largest absolute Gasteiger partial charge is 0.470 e. The molecular weight excluding hydrogens is 227 g/mol. The standard InChI is InChI=1S/C5H4F3NO2S2/c6-5(7,8)9-13(10,11)4-1-2-12-3-4/h1-3,9H. The van der Waals surface area contributed by atoms with Crippen molar-refractivity contribution < 1.29 is 21.6 Å². The van der Waals surface area contributed by atoms with Gasteiger partial charge in [-0.1, -0.05) is 0 Å². The minimum Gasteiger partial charge on any atom is -0.207 e. The Balaban J connectivity index is 2.93. The third-order valence-electron chi connectivity index (χ3n) is 1.06. The number of hydrogen-bond acceptors (Lipinski definition) is 3. The Bertz CT molecular complexity index is 367. The number of hydrogen-bond donors (Lipinski definition) is 1. The molecule has 0 fully saturated rings. The molecule has 0 aliphatic carbocycles. The van der Waals surface area contributed by atoms with E-state index >= 15 is 0 Å². The Morgan fingerprint density at radius 2 is 2.00 bits per heavy atom. The first-order valence-electron chi connectivity index (χ1n) is 2.94. The van der Waals surface area contributed by atoms with E-state index in [1.54, 1.807) is 0 Å². The summed E-state index contributed by atoms with van der Waals surface area (Å²) in [6.07, 6.45) is -4.93. The van der Waals surface area contributed by atoms with Gasteiger partial charge in [0.15, 0.2) is 0 Å². The van der Waals surface area contributed by atoms with Crippen LogP contribution in [0.4, 0.5) is 13.2 Å². The smallest absolute Gasteiger partial charge is 0.207 e. The monoisotopic (exact) mass is 231 g/mol. The number of halogens is 3. The van der Waals surface area contributed by atoms with Crippen molar-refractivity contribution >= 4 is 21.4 Å². The summed E-state index contributed by atoms with van der Waals surface area (Å²) in [6, 6.07) is 1.10. The second-order valence-corrected chi connectivity index (χ2v) is 4.52. The molecule has 13 heavy (non-hydrogen) atoms. The van der Waals surface area contributed by atoms with Crippen molar-refractivity contribution in [2.24, 2.45) is 0 Å². The van der Waals surface area contributed by atoms with E-state index in [-0.39, 0.29) is 4.90 Å². The van der Waals surface area contributed by atoms with Crippen LogP contribution in [0.3, 0.4) is 0 Å². The fourth-order valence-corrected chi connectivity index (χ4v) is 2.56. The van der Waals surface area contributed by atoms with Gasteiger partial charge in [-0.05, 0) is 11.4 Å². The van der Waals surface area contributed by atoms with Gasteiger partial charge in [-0.3, -0.25) is 0 Å². The summed E-state index contributed by atoms with van der Waals surface area (Å²) in [5.41, 5.74) is 0. The zero-order valence-electron chi connectivity index (χ0n) is 6.00. The van der Waals surface area contributed by atoms with E-state index in [1.807, 2.05) is 0 Å². The van der Waals surface area contributed by atoms with Crippen LogP contribution in [0, 0.1) is 0 Å². The third kappa shape index (κ3) is 2.98. The summed E-state index contributed by atoms with van der Waals surface area (Å²) in [7, 11) is -4.44. The normalized spacial score (nSPS) is 13.2. The maximum Gasteiger partial charge on any atom is 0.470 e. The van der Waals surface area contributed by atoms with Crippen LogP contribution in [0.15, 0.2) is 21.7 Å². The maximum absolute atomic E-state index is 11.7. The van der Waals surface area contributed by atoms with Gasteiger partial charge >= 0.3 is 6.30 Å². The highest BCUT2D eigenvalue weighted by Crippen LogP contribution is 2.18. The second kappa shape index (κ2) is 3.28. The lowest BCUT2D eigenvalue weighted by Gasteiger charge is -2.07. The Kier molecular flexibility index (Phi) is 2.64. The lowest BCUT2D eigenvalue weighted by molar-refractivity contribution is -0.138. The zero-order valence-corrected chi connectivity index (χ0v) is 7.63. The number of nitrogens with one attached hydrogen (secondary N) is 1. The summed E-state index contributed by atoms with van der Waals surface area (Å²) in [6.45, 7) is 0. The van der Waals surface area contributed by atoms with Crippen LogP contribution < -0.4 is 4.72 Å². The first-order chi connectivity index (χ1) is 5.81. The van der Waals surface area contributed by atoms with E-state index in [4.69, 9.17) is 0 Å². The van der Waals surface area contributed by atoms with Crippen molar-refractivity contribution in [1.29, 1.82) is 0 Å². The molecule has 0 saturated carbocycles. The molecule has 0 unspecified atom stereocenters. The van der Waals surface area contributed by atoms with Crippen LogP contribution >= 0.6 is 11.3 Å². The minimum absolute atomic E-state index is 0.380. The van der Waals surface area contributed by atoms with Crippen LogP contribution in [-0.2, 0) is 10.0 Å². The Labute approximate surface area is 76.2 Å². The highest BCUT2D eigenvalue weighted by Gasteiger charge is 2.34. The van der Waals surface area contributed by atoms with Gasteiger partial charge in [0.2, 0.25) is 10.0 Å². The predicted octanol–water partition coefficient (Wildman–Crippen LogP) is 1.55. The highest BCUT2D eigenvalue weighted by atomic mass is 32.2. The number of thiophene rings is 1. The molecule has 8 heteroatoms. The predicted molar refractivity (Wildman–Crippen MR) is 40.7 cm³/mol. The van der Waals surface area contributed by atoms with Gasteiger partial charge in [-0.15, -0.1) is 4.72 Å². The van der Waals surface area contributed by atoms with Gasteiger partial charge in [0.1, 0.15) is 0 Å². The van der Waals surface area contributed by atoms with E-state index in [9.17, 15) is 21.6 Å². The number of sulfonamides is 1. The van der Waals surface area contributed by atoms with E-state index in [1.165, 1.54) is 5.38 Å². The van der Waals surface area contributed by atoms with Crippen LogP contribution in [0.2, 0.25) is 0 Å². The van der Waals surface area contributed by atoms with Crippen molar-refractivity contribution in [3.63, 3.8) is 0 Å². The van der Waals surface area contributed by atoms with Gasteiger partial charge in [-0.25, -0.2) is 8.42 Å². The average molecular weight is 231 g/mol. The van der Waals surface area contributed by atoms with Crippen molar-refractivity contribution in [3.8, 4) is 0 Å². The van der Waals surface area contributed by atoms with Gasteiger partial charge < -0.3 is 0 Å². The van der Waals surface area contributed by atoms with Gasteiger partial charge in [0.05, 0.1) is 4.90 Å². The van der Waals surface area contributed by atoms with Crippen molar-refractivity contribution in [2.75, 3.05) is 0 Å². The van der Waals surface area contributed by atoms with Crippen LogP contribution in [-0.4, -0.2) is 14.7 Å². The maximum atomic E-state index is 11.7. The fraction of sp³-hybridized carbons (Fsp3) is 0.200. The fourth-order valence-electron chi connectivity index (χ4n) is 0.616. The topological polar surface area (TPSA) is 46.2 Å². The third-order valence-corrected chi connectivity index (χ3v) is 3.26. The molecule has 0 aliphatic heterocycles. The Morgan fingerprint density at radius 1 is 1.38 bits per heavy atom. The number of rotatable bonds is 2. The summed E-state index contributed by atoms with van der Waals surface area (Å²) in [5.74, 6) is 0. The molecule has 1 N–H and O–H groups in total. The van der Waals surface area contributed by atoms with E-state index < -0.39 is 16.3 Å². The molecule has 0 radical (unpaired) electrons. The van der Waals surface area contributed by atoms with Crippen molar-refractivity contribution in [1.82, 2.24) is 4.72 Å². The molecule has 0 spiro atoms. The van der Waals surface area contributed by atoms with Crippen LogP contribution in [0.25, 0.3) is 0 Å². The average Bonchev–Trinajstić information content (AvgIpc) is 2.29. The van der Waals surface area contributed by atoms with Gasteiger partial charge in [-0.2, -0.15) is 24.5 Å². The van der Waals surface area contributed by atoms with Gasteiger partial charge in [0, 0.05) is 5.38 Å². The molecule has 0 saturated heterocycles. The second-order valence-electron chi connectivity index (χ2n) is 2.06. The Morgan fingerprint density at radius 3 is 2.38 bits per heavy atom. The summed E-state index contributed by atoms with van der Waals surface area (Å²) < 4.78 is 57.3. The van der Waals surface area contributed by atoms with E-state index in [0.717, 1.165) is 22.8 Å². The SMILES string of the molecule is O=S(=O)(NC(F)(F)F)c1ccsc1. The molecule has 1 aromatic heterocycles. The molecule has 1 aromatic rings. The molecule has 0 bridgehead atoms. The summed E-state index contributed by atoms with van der Waals surface area (Å²) in [5, 5.41) is 2.50. The first-order valence-corrected chi connectivity index (χ1v) is 5.37. The molecule has 3 nitrogen and oxygen atoms in total. The zero-order chi connectivity index (χ0) is 10.1. The highest BCUT2D eigenvalue weighted by molar-refractivity contribution is 7.89. The molecule has 0 aliphatic rings. The van der Waals surface area contributed by atoms with E-state index in [0.29, 0.717) is 4.72 Å². The van der Waals surface area contributed by atoms with Crippen molar-refractivity contribution in [3.05, 3.63) is 16.8 Å². The van der Waals surface area contributed by atoms with Crippen LogP contribution in [0.1, 0.15) is 0 Å². The minimum atomic E-state index is -4.93. The lowest BCUT2D eigenvalue weighted by Crippen LogP contribution is -2.36. The molecule has 0 atom stereocenters. The quantitative estimate of drug-likeness (QED) is 0.785. The van der Waals surface area contributed by atoms with E-state index in [2.05, 4.69) is 0 Å². The van der Waals surface area contributed by atoms with Crippen molar-refractivity contribution in [2.45, 2.75) is 11.2 Å². The Hall–Kier alpha value is -0.600. The molecule has 0 aromatic carbocycles. The van der Waals surface area contributed by atoms with Crippen LogP contribution in [0.5, 0.6) is 0 Å². The summed E-state index contributed by atoms with van der Waals surface area (Å²) in [4.78, 5) is -0.380. The molecule has 0 amide bonds. The molecule has 74 valence electrons. The summed E-state index contributed by atoms with van der Waals surface area (Å²) >= 11 is 1.01. The molecular formula is C5H4F3NO2S2.